The van der Waals surface area contributed by atoms with E-state index in [1.165, 1.54) is 0 Å². The van der Waals surface area contributed by atoms with Crippen molar-refractivity contribution < 1.29 is 0 Å². The van der Waals surface area contributed by atoms with Crippen LogP contribution in [-0.4, -0.2) is 9.97 Å². The Hall–Kier alpha value is -2.10. The summed E-state index contributed by atoms with van der Waals surface area (Å²) >= 11 is 0. The van der Waals surface area contributed by atoms with Crippen molar-refractivity contribution in [3.63, 3.8) is 0 Å². The maximum atomic E-state index is 11.7. The van der Waals surface area contributed by atoms with E-state index in [-0.39, 0.29) is 5.56 Å². The van der Waals surface area contributed by atoms with E-state index in [2.05, 4.69) is 15.3 Å². The van der Waals surface area contributed by atoms with E-state index in [4.69, 9.17) is 0 Å². The van der Waals surface area contributed by atoms with E-state index in [9.17, 15) is 4.79 Å². The molecular weight excluding hydrogens is 214 g/mol. The molecule has 0 atom stereocenters. The van der Waals surface area contributed by atoms with Gasteiger partial charge in [-0.3, -0.25) is 9.78 Å². The van der Waals surface area contributed by atoms with Gasteiger partial charge < -0.3 is 5.32 Å². The lowest BCUT2D eigenvalue weighted by Crippen LogP contribution is -2.16. The zero-order chi connectivity index (χ0) is 12.3. The summed E-state index contributed by atoms with van der Waals surface area (Å²) in [6.07, 6.45) is 0.749. The fourth-order valence-corrected chi connectivity index (χ4v) is 1.64. The number of nitrogens with zero attached hydrogens (tertiary/aromatic N) is 1. The molecule has 88 valence electrons. The van der Waals surface area contributed by atoms with Crippen LogP contribution in [0.2, 0.25) is 0 Å². The molecular formula is C13H15N3O. The third kappa shape index (κ3) is 2.53. The molecule has 0 unspecified atom stereocenters. The highest BCUT2D eigenvalue weighted by Gasteiger charge is 2.05. The summed E-state index contributed by atoms with van der Waals surface area (Å²) in [6.45, 7) is 3.78. The van der Waals surface area contributed by atoms with Crippen LogP contribution >= 0.6 is 0 Å². The molecule has 0 aliphatic rings. The molecule has 17 heavy (non-hydrogen) atoms. The van der Waals surface area contributed by atoms with Gasteiger partial charge in [0.05, 0.1) is 5.69 Å². The van der Waals surface area contributed by atoms with E-state index in [0.29, 0.717) is 11.5 Å². The maximum absolute atomic E-state index is 11.7. The number of hydrogen-bond acceptors (Lipinski definition) is 3. The standard InChI is InChI=1S/C13H15N3O/c1-3-11-9(2)12(17)16-13(15-11)14-10-7-5-4-6-8-10/h4-8H,3H2,1-2H3,(H2,14,15,16,17). The highest BCUT2D eigenvalue weighted by Crippen LogP contribution is 2.11. The summed E-state index contributed by atoms with van der Waals surface area (Å²) in [7, 11) is 0. The fourth-order valence-electron chi connectivity index (χ4n) is 1.64. The van der Waals surface area contributed by atoms with Crippen molar-refractivity contribution >= 4 is 11.6 Å². The van der Waals surface area contributed by atoms with Crippen LogP contribution in [0.15, 0.2) is 35.1 Å². The molecule has 0 saturated carbocycles. The zero-order valence-electron chi connectivity index (χ0n) is 9.95. The highest BCUT2D eigenvalue weighted by atomic mass is 16.1. The first-order valence-electron chi connectivity index (χ1n) is 5.62. The molecule has 1 aromatic carbocycles. The Morgan fingerprint density at radius 1 is 1.29 bits per heavy atom. The fraction of sp³-hybridized carbons (Fsp3) is 0.231. The number of aromatic nitrogens is 2. The third-order valence-corrected chi connectivity index (χ3v) is 2.62. The Bertz CT molecular complexity index is 561. The SMILES string of the molecule is CCc1nc(Nc2ccccc2)[nH]c(=O)c1C. The molecule has 2 rings (SSSR count). The number of anilines is 2. The molecule has 2 N–H and O–H groups in total. The topological polar surface area (TPSA) is 57.8 Å². The molecule has 1 heterocycles. The number of benzene rings is 1. The number of nitrogens with one attached hydrogen (secondary N) is 2. The van der Waals surface area contributed by atoms with Crippen molar-refractivity contribution in [3.05, 3.63) is 51.9 Å². The number of para-hydroxylation sites is 1. The summed E-state index contributed by atoms with van der Waals surface area (Å²) in [5, 5.41) is 3.08. The second-order valence-corrected chi connectivity index (χ2v) is 3.83. The Morgan fingerprint density at radius 2 is 2.00 bits per heavy atom. The van der Waals surface area contributed by atoms with Crippen LogP contribution in [0, 0.1) is 6.92 Å². The summed E-state index contributed by atoms with van der Waals surface area (Å²) in [4.78, 5) is 18.8. The van der Waals surface area contributed by atoms with Crippen molar-refractivity contribution in [2.75, 3.05) is 5.32 Å². The number of rotatable bonds is 3. The average Bonchev–Trinajstić information content (AvgIpc) is 2.35. The van der Waals surface area contributed by atoms with Crippen molar-refractivity contribution in [1.82, 2.24) is 9.97 Å². The lowest BCUT2D eigenvalue weighted by atomic mass is 10.2. The summed E-state index contributed by atoms with van der Waals surface area (Å²) in [6, 6.07) is 9.63. The molecule has 2 aromatic rings. The minimum Gasteiger partial charge on any atom is -0.326 e. The van der Waals surface area contributed by atoms with Gasteiger partial charge in [-0.15, -0.1) is 0 Å². The highest BCUT2D eigenvalue weighted by molar-refractivity contribution is 5.52. The van der Waals surface area contributed by atoms with Crippen molar-refractivity contribution in [1.29, 1.82) is 0 Å². The molecule has 0 radical (unpaired) electrons. The molecule has 0 aliphatic carbocycles. The Labute approximate surface area is 99.7 Å². The molecule has 0 aliphatic heterocycles. The number of hydrogen-bond donors (Lipinski definition) is 2. The molecule has 4 heteroatoms. The normalized spacial score (nSPS) is 10.2. The second-order valence-electron chi connectivity index (χ2n) is 3.83. The van der Waals surface area contributed by atoms with Gasteiger partial charge in [0.25, 0.3) is 5.56 Å². The zero-order valence-corrected chi connectivity index (χ0v) is 9.95. The Kier molecular flexibility index (Phi) is 3.23. The number of aromatic amines is 1. The Morgan fingerprint density at radius 3 is 2.65 bits per heavy atom. The largest absolute Gasteiger partial charge is 0.326 e. The van der Waals surface area contributed by atoms with Crippen LogP contribution in [0.4, 0.5) is 11.6 Å². The van der Waals surface area contributed by atoms with Crippen LogP contribution < -0.4 is 10.9 Å². The predicted octanol–water partition coefficient (Wildman–Crippen LogP) is 2.38. The smallest absolute Gasteiger partial charge is 0.255 e. The van der Waals surface area contributed by atoms with Gasteiger partial charge in [-0.1, -0.05) is 25.1 Å². The molecule has 0 spiro atoms. The monoisotopic (exact) mass is 229 g/mol. The van der Waals surface area contributed by atoms with Gasteiger partial charge in [0.2, 0.25) is 5.95 Å². The van der Waals surface area contributed by atoms with Gasteiger partial charge in [-0.2, -0.15) is 0 Å². The van der Waals surface area contributed by atoms with Gasteiger partial charge in [0.1, 0.15) is 0 Å². The molecule has 0 fully saturated rings. The van der Waals surface area contributed by atoms with Crippen molar-refractivity contribution in [2.24, 2.45) is 0 Å². The first kappa shape index (κ1) is 11.4. The lowest BCUT2D eigenvalue weighted by Gasteiger charge is -2.07. The number of aryl methyl sites for hydroxylation is 1. The predicted molar refractivity (Wildman–Crippen MR) is 68.7 cm³/mol. The summed E-state index contributed by atoms with van der Waals surface area (Å²) in [5.41, 5.74) is 2.33. The van der Waals surface area contributed by atoms with Gasteiger partial charge >= 0.3 is 0 Å². The minimum absolute atomic E-state index is 0.0877. The quantitative estimate of drug-likeness (QED) is 0.849. The van der Waals surface area contributed by atoms with E-state index in [1.807, 2.05) is 37.3 Å². The molecule has 1 aromatic heterocycles. The van der Waals surface area contributed by atoms with Crippen LogP contribution in [0.5, 0.6) is 0 Å². The minimum atomic E-state index is -0.0877. The first-order valence-corrected chi connectivity index (χ1v) is 5.62. The second kappa shape index (κ2) is 4.82. The summed E-state index contributed by atoms with van der Waals surface area (Å²) in [5.74, 6) is 0.489. The van der Waals surface area contributed by atoms with Crippen molar-refractivity contribution in [2.45, 2.75) is 20.3 Å². The van der Waals surface area contributed by atoms with Crippen LogP contribution in [0.1, 0.15) is 18.2 Å². The summed E-state index contributed by atoms with van der Waals surface area (Å²) < 4.78 is 0. The first-order chi connectivity index (χ1) is 8.20. The van der Waals surface area contributed by atoms with Gasteiger partial charge in [0.15, 0.2) is 0 Å². The van der Waals surface area contributed by atoms with Gasteiger partial charge in [-0.25, -0.2) is 4.98 Å². The molecule has 4 nitrogen and oxygen atoms in total. The molecule has 0 amide bonds. The van der Waals surface area contributed by atoms with Gasteiger partial charge in [-0.05, 0) is 25.5 Å². The van der Waals surface area contributed by atoms with E-state index in [1.54, 1.807) is 6.92 Å². The maximum Gasteiger partial charge on any atom is 0.255 e. The van der Waals surface area contributed by atoms with Crippen LogP contribution in [0.25, 0.3) is 0 Å². The molecule has 0 saturated heterocycles. The number of H-pyrrole nitrogens is 1. The Balaban J connectivity index is 2.34. The van der Waals surface area contributed by atoms with Crippen LogP contribution in [0.3, 0.4) is 0 Å². The van der Waals surface area contributed by atoms with E-state index >= 15 is 0 Å². The van der Waals surface area contributed by atoms with E-state index in [0.717, 1.165) is 17.8 Å². The lowest BCUT2D eigenvalue weighted by molar-refractivity contribution is 0.954. The van der Waals surface area contributed by atoms with Crippen LogP contribution in [-0.2, 0) is 6.42 Å². The van der Waals surface area contributed by atoms with Crippen molar-refractivity contribution in [3.8, 4) is 0 Å². The third-order valence-electron chi connectivity index (χ3n) is 2.62. The van der Waals surface area contributed by atoms with Gasteiger partial charge in [0, 0.05) is 11.3 Å². The van der Waals surface area contributed by atoms with E-state index < -0.39 is 0 Å². The average molecular weight is 229 g/mol. The molecule has 0 bridgehead atoms.